The zero-order valence-corrected chi connectivity index (χ0v) is 15.3. The van der Waals surface area contributed by atoms with Crippen LogP contribution in [-0.4, -0.2) is 36.4 Å². The van der Waals surface area contributed by atoms with Crippen LogP contribution >= 0.6 is 22.9 Å². The van der Waals surface area contributed by atoms with Crippen molar-refractivity contribution in [1.29, 1.82) is 0 Å². The first-order chi connectivity index (χ1) is 12.3. The molecule has 0 spiro atoms. The number of nitro groups is 1. The van der Waals surface area contributed by atoms with Crippen LogP contribution in [0.2, 0.25) is 5.02 Å². The summed E-state index contributed by atoms with van der Waals surface area (Å²) in [6.07, 6.45) is 0. The highest BCUT2D eigenvalue weighted by Crippen LogP contribution is 2.31. The standard InChI is InChI=1S/C16H15ClN4O4S/c1-9-13(21(24)25)7-14(26-9)16(23)19-10-2-3-12(11(17)6-10)20-5-4-18-15(22)8-20/h2-3,6-7H,4-5,8H2,1H3,(H,18,22)(H,19,23). The Morgan fingerprint density at radius 1 is 1.42 bits per heavy atom. The third-order valence-electron chi connectivity index (χ3n) is 3.90. The van der Waals surface area contributed by atoms with Gasteiger partial charge in [0.2, 0.25) is 5.91 Å². The van der Waals surface area contributed by atoms with E-state index in [1.165, 1.54) is 6.07 Å². The SMILES string of the molecule is Cc1sc(C(=O)Nc2ccc(N3CCNC(=O)C3)c(Cl)c2)cc1[N+](=O)[O-]. The van der Waals surface area contributed by atoms with Crippen LogP contribution in [0.15, 0.2) is 24.3 Å². The molecule has 0 unspecified atom stereocenters. The fourth-order valence-electron chi connectivity index (χ4n) is 2.64. The minimum absolute atomic E-state index is 0.0700. The van der Waals surface area contributed by atoms with Crippen molar-refractivity contribution in [3.8, 4) is 0 Å². The molecule has 0 atom stereocenters. The van der Waals surface area contributed by atoms with Gasteiger partial charge in [0, 0.05) is 24.8 Å². The van der Waals surface area contributed by atoms with Crippen LogP contribution in [0.5, 0.6) is 0 Å². The minimum Gasteiger partial charge on any atom is -0.359 e. The fourth-order valence-corrected chi connectivity index (χ4v) is 3.83. The lowest BCUT2D eigenvalue weighted by Crippen LogP contribution is -2.47. The maximum Gasteiger partial charge on any atom is 0.283 e. The summed E-state index contributed by atoms with van der Waals surface area (Å²) in [5.41, 5.74) is 1.11. The number of piperazine rings is 1. The van der Waals surface area contributed by atoms with Crippen LogP contribution < -0.4 is 15.5 Å². The molecule has 2 N–H and O–H groups in total. The van der Waals surface area contributed by atoms with Gasteiger partial charge in [-0.1, -0.05) is 11.6 Å². The molecule has 1 saturated heterocycles. The molecule has 10 heteroatoms. The van der Waals surface area contributed by atoms with E-state index in [1.807, 2.05) is 4.90 Å². The van der Waals surface area contributed by atoms with Crippen LogP contribution in [0, 0.1) is 17.0 Å². The van der Waals surface area contributed by atoms with Gasteiger partial charge in [0.25, 0.3) is 11.6 Å². The number of carbonyl (C=O) groups excluding carboxylic acids is 2. The number of benzene rings is 1. The highest BCUT2D eigenvalue weighted by molar-refractivity contribution is 7.14. The molecule has 26 heavy (non-hydrogen) atoms. The van der Waals surface area contributed by atoms with E-state index in [0.717, 1.165) is 11.3 Å². The molecule has 0 saturated carbocycles. The fraction of sp³-hybridized carbons (Fsp3) is 0.250. The lowest BCUT2D eigenvalue weighted by atomic mass is 10.2. The molecular formula is C16H15ClN4O4S. The molecule has 0 aliphatic carbocycles. The maximum absolute atomic E-state index is 12.3. The van der Waals surface area contributed by atoms with Crippen molar-refractivity contribution in [3.05, 3.63) is 49.2 Å². The Morgan fingerprint density at radius 3 is 2.81 bits per heavy atom. The summed E-state index contributed by atoms with van der Waals surface area (Å²) < 4.78 is 0. The van der Waals surface area contributed by atoms with E-state index in [-0.39, 0.29) is 23.0 Å². The van der Waals surface area contributed by atoms with Gasteiger partial charge in [-0.15, -0.1) is 11.3 Å². The monoisotopic (exact) mass is 394 g/mol. The smallest absolute Gasteiger partial charge is 0.283 e. The van der Waals surface area contributed by atoms with Crippen molar-refractivity contribution in [2.75, 3.05) is 29.9 Å². The van der Waals surface area contributed by atoms with E-state index in [4.69, 9.17) is 11.6 Å². The summed E-state index contributed by atoms with van der Waals surface area (Å²) in [5.74, 6) is -0.508. The molecule has 2 heterocycles. The average Bonchev–Trinajstić information content (AvgIpc) is 2.97. The Labute approximate surface area is 157 Å². The zero-order valence-electron chi connectivity index (χ0n) is 13.7. The Balaban J connectivity index is 1.75. The molecule has 1 fully saturated rings. The maximum atomic E-state index is 12.3. The Hall–Kier alpha value is -2.65. The zero-order chi connectivity index (χ0) is 18.8. The summed E-state index contributed by atoms with van der Waals surface area (Å²) in [4.78, 5) is 36.8. The van der Waals surface area contributed by atoms with Crippen LogP contribution in [0.1, 0.15) is 14.5 Å². The number of thiophene rings is 1. The lowest BCUT2D eigenvalue weighted by molar-refractivity contribution is -0.385. The number of nitrogens with one attached hydrogen (secondary N) is 2. The van der Waals surface area contributed by atoms with Gasteiger partial charge >= 0.3 is 0 Å². The number of rotatable bonds is 4. The number of carbonyl (C=O) groups is 2. The predicted molar refractivity (Wildman–Crippen MR) is 100 cm³/mol. The molecule has 2 aromatic rings. The van der Waals surface area contributed by atoms with Crippen molar-refractivity contribution < 1.29 is 14.5 Å². The normalized spacial score (nSPS) is 14.1. The van der Waals surface area contributed by atoms with E-state index in [0.29, 0.717) is 34.4 Å². The molecule has 8 nitrogen and oxygen atoms in total. The lowest BCUT2D eigenvalue weighted by Gasteiger charge is -2.29. The first kappa shape index (κ1) is 18.2. The summed E-state index contributed by atoms with van der Waals surface area (Å²) in [7, 11) is 0. The number of aryl methyl sites for hydroxylation is 1. The summed E-state index contributed by atoms with van der Waals surface area (Å²) in [6.45, 7) is 3.02. The van der Waals surface area contributed by atoms with E-state index in [9.17, 15) is 19.7 Å². The van der Waals surface area contributed by atoms with Gasteiger partial charge in [0.1, 0.15) is 0 Å². The van der Waals surface area contributed by atoms with Crippen molar-refractivity contribution in [1.82, 2.24) is 5.32 Å². The molecule has 1 aliphatic rings. The molecule has 1 aromatic carbocycles. The largest absolute Gasteiger partial charge is 0.359 e. The molecule has 3 rings (SSSR count). The van der Waals surface area contributed by atoms with Crippen molar-refractivity contribution in [2.45, 2.75) is 6.92 Å². The molecule has 1 aliphatic heterocycles. The van der Waals surface area contributed by atoms with Gasteiger partial charge in [-0.25, -0.2) is 0 Å². The van der Waals surface area contributed by atoms with Crippen LogP contribution in [0.4, 0.5) is 17.1 Å². The average molecular weight is 395 g/mol. The minimum atomic E-state index is -0.511. The van der Waals surface area contributed by atoms with Crippen molar-refractivity contribution in [3.63, 3.8) is 0 Å². The van der Waals surface area contributed by atoms with E-state index in [1.54, 1.807) is 25.1 Å². The van der Waals surface area contributed by atoms with Crippen molar-refractivity contribution in [2.24, 2.45) is 0 Å². The summed E-state index contributed by atoms with van der Waals surface area (Å²) >= 11 is 7.36. The third-order valence-corrected chi connectivity index (χ3v) is 5.24. The first-order valence-electron chi connectivity index (χ1n) is 7.72. The van der Waals surface area contributed by atoms with Crippen LogP contribution in [-0.2, 0) is 4.79 Å². The topological polar surface area (TPSA) is 105 Å². The van der Waals surface area contributed by atoms with Gasteiger partial charge in [0.05, 0.1) is 31.9 Å². The summed E-state index contributed by atoms with van der Waals surface area (Å²) in [6, 6.07) is 6.27. The molecule has 0 bridgehead atoms. The second-order valence-electron chi connectivity index (χ2n) is 5.70. The number of nitrogens with zero attached hydrogens (tertiary/aromatic N) is 2. The number of hydrogen-bond donors (Lipinski definition) is 2. The van der Waals surface area contributed by atoms with Crippen LogP contribution in [0.25, 0.3) is 0 Å². The highest BCUT2D eigenvalue weighted by Gasteiger charge is 2.21. The first-order valence-corrected chi connectivity index (χ1v) is 8.92. The molecular weight excluding hydrogens is 380 g/mol. The Kier molecular flexibility index (Phi) is 5.10. The van der Waals surface area contributed by atoms with E-state index >= 15 is 0 Å². The Bertz CT molecular complexity index is 898. The second-order valence-corrected chi connectivity index (χ2v) is 7.36. The van der Waals surface area contributed by atoms with E-state index < -0.39 is 10.8 Å². The third kappa shape index (κ3) is 3.78. The molecule has 0 radical (unpaired) electrons. The van der Waals surface area contributed by atoms with Gasteiger partial charge in [0.15, 0.2) is 0 Å². The van der Waals surface area contributed by atoms with Gasteiger partial charge < -0.3 is 15.5 Å². The van der Waals surface area contributed by atoms with Gasteiger partial charge in [-0.2, -0.15) is 0 Å². The molecule has 1 aromatic heterocycles. The van der Waals surface area contributed by atoms with Gasteiger partial charge in [-0.3, -0.25) is 19.7 Å². The number of hydrogen-bond acceptors (Lipinski definition) is 6. The molecule has 2 amide bonds. The van der Waals surface area contributed by atoms with Crippen molar-refractivity contribution >= 4 is 51.8 Å². The summed E-state index contributed by atoms with van der Waals surface area (Å²) in [5, 5.41) is 16.7. The number of halogens is 1. The predicted octanol–water partition coefficient (Wildman–Crippen LogP) is 2.81. The van der Waals surface area contributed by atoms with E-state index in [2.05, 4.69) is 10.6 Å². The number of amides is 2. The second kappa shape index (κ2) is 7.30. The number of anilines is 2. The van der Waals surface area contributed by atoms with Gasteiger partial charge in [-0.05, 0) is 25.1 Å². The molecule has 136 valence electrons. The Morgan fingerprint density at radius 2 is 2.19 bits per heavy atom. The van der Waals surface area contributed by atoms with Crippen LogP contribution in [0.3, 0.4) is 0 Å². The highest BCUT2D eigenvalue weighted by atomic mass is 35.5. The quantitative estimate of drug-likeness (QED) is 0.612.